The van der Waals surface area contributed by atoms with Crippen molar-refractivity contribution in [3.05, 3.63) is 35.9 Å². The molecule has 9 heteroatoms. The summed E-state index contributed by atoms with van der Waals surface area (Å²) in [5.41, 5.74) is 0.763. The molecule has 0 aliphatic carbocycles. The standard InChI is InChI=1S/C17H19NO8/c19-11-7-23-8-12(20)18(11)13-14(21)15-10(25-16(13)22)6-24-17(26-15)9-4-2-1-3-5-9/h1-5,10,13-17,21-22H,6-8H2/t10-,13-,14-,15-,16?,17-/m1/s1. The van der Waals surface area contributed by atoms with E-state index in [-0.39, 0.29) is 19.8 Å². The second-order valence-corrected chi connectivity index (χ2v) is 6.37. The summed E-state index contributed by atoms with van der Waals surface area (Å²) in [6, 6.07) is 7.90. The molecule has 3 aliphatic heterocycles. The lowest BCUT2D eigenvalue weighted by atomic mass is 9.94. The minimum Gasteiger partial charge on any atom is -0.388 e. The molecule has 2 amide bonds. The van der Waals surface area contributed by atoms with Crippen LogP contribution in [0.25, 0.3) is 0 Å². The van der Waals surface area contributed by atoms with Crippen molar-refractivity contribution in [3.8, 4) is 0 Å². The lowest BCUT2D eigenvalue weighted by molar-refractivity contribution is -0.344. The Hall–Kier alpha value is -1.88. The van der Waals surface area contributed by atoms with Crippen molar-refractivity contribution in [1.29, 1.82) is 0 Å². The molecule has 1 aromatic carbocycles. The van der Waals surface area contributed by atoms with Gasteiger partial charge in [0.05, 0.1) is 6.61 Å². The number of nitrogens with zero attached hydrogens (tertiary/aromatic N) is 1. The number of aliphatic hydroxyl groups excluding tert-OH is 2. The van der Waals surface area contributed by atoms with Crippen LogP contribution in [0.1, 0.15) is 11.9 Å². The molecule has 3 aliphatic rings. The summed E-state index contributed by atoms with van der Waals surface area (Å²) < 4.78 is 21.8. The third kappa shape index (κ3) is 3.02. The van der Waals surface area contributed by atoms with Crippen molar-refractivity contribution < 1.29 is 38.7 Å². The smallest absolute Gasteiger partial charge is 0.255 e. The highest BCUT2D eigenvalue weighted by Crippen LogP contribution is 2.35. The van der Waals surface area contributed by atoms with Crippen LogP contribution in [0.2, 0.25) is 0 Å². The quantitative estimate of drug-likeness (QED) is 0.637. The Morgan fingerprint density at radius 1 is 1.00 bits per heavy atom. The Balaban J connectivity index is 1.56. The normalized spacial score (nSPS) is 38.2. The van der Waals surface area contributed by atoms with Gasteiger partial charge in [-0.2, -0.15) is 0 Å². The fourth-order valence-corrected chi connectivity index (χ4v) is 3.49. The fourth-order valence-electron chi connectivity index (χ4n) is 3.49. The van der Waals surface area contributed by atoms with Gasteiger partial charge in [0.1, 0.15) is 37.6 Å². The number of imide groups is 1. The van der Waals surface area contributed by atoms with Crippen molar-refractivity contribution in [2.45, 2.75) is 36.9 Å². The molecular formula is C17H19NO8. The molecular weight excluding hydrogens is 346 g/mol. The van der Waals surface area contributed by atoms with Crippen molar-refractivity contribution >= 4 is 11.8 Å². The number of aliphatic hydroxyl groups is 2. The van der Waals surface area contributed by atoms with Crippen LogP contribution in [0.3, 0.4) is 0 Å². The molecule has 6 atom stereocenters. The van der Waals surface area contributed by atoms with Crippen molar-refractivity contribution in [3.63, 3.8) is 0 Å². The molecule has 4 rings (SSSR count). The summed E-state index contributed by atoms with van der Waals surface area (Å²) in [7, 11) is 0. The summed E-state index contributed by atoms with van der Waals surface area (Å²) >= 11 is 0. The Morgan fingerprint density at radius 2 is 1.69 bits per heavy atom. The molecule has 140 valence electrons. The van der Waals surface area contributed by atoms with Crippen LogP contribution in [0.5, 0.6) is 0 Å². The minimum atomic E-state index is -1.54. The molecule has 2 N–H and O–H groups in total. The van der Waals surface area contributed by atoms with Gasteiger partial charge in [0.2, 0.25) is 0 Å². The van der Waals surface area contributed by atoms with Crippen LogP contribution in [0.4, 0.5) is 0 Å². The van der Waals surface area contributed by atoms with E-state index in [0.717, 1.165) is 10.5 Å². The molecule has 1 aromatic rings. The van der Waals surface area contributed by atoms with Crippen molar-refractivity contribution in [2.75, 3.05) is 19.8 Å². The first-order valence-electron chi connectivity index (χ1n) is 8.32. The van der Waals surface area contributed by atoms with E-state index in [9.17, 15) is 19.8 Å². The van der Waals surface area contributed by atoms with E-state index in [4.69, 9.17) is 18.9 Å². The van der Waals surface area contributed by atoms with E-state index in [2.05, 4.69) is 0 Å². The third-order valence-corrected chi connectivity index (χ3v) is 4.71. The Morgan fingerprint density at radius 3 is 2.38 bits per heavy atom. The molecule has 0 aromatic heterocycles. The number of hydrogen-bond donors (Lipinski definition) is 2. The Bertz CT molecular complexity index is 667. The van der Waals surface area contributed by atoms with Gasteiger partial charge in [0.25, 0.3) is 11.8 Å². The van der Waals surface area contributed by atoms with Gasteiger partial charge in [0, 0.05) is 5.56 Å². The molecule has 0 saturated carbocycles. The Labute approximate surface area is 149 Å². The lowest BCUT2D eigenvalue weighted by Gasteiger charge is -2.49. The fraction of sp³-hybridized carbons (Fsp3) is 0.529. The van der Waals surface area contributed by atoms with Crippen molar-refractivity contribution in [2.24, 2.45) is 0 Å². The highest BCUT2D eigenvalue weighted by Gasteiger charge is 2.53. The first-order chi connectivity index (χ1) is 12.6. The average molecular weight is 365 g/mol. The van der Waals surface area contributed by atoms with Gasteiger partial charge in [-0.25, -0.2) is 0 Å². The van der Waals surface area contributed by atoms with Crippen LogP contribution < -0.4 is 0 Å². The zero-order chi connectivity index (χ0) is 18.3. The minimum absolute atomic E-state index is 0.0933. The molecule has 26 heavy (non-hydrogen) atoms. The highest BCUT2D eigenvalue weighted by atomic mass is 16.7. The van der Waals surface area contributed by atoms with Crippen LogP contribution in [-0.2, 0) is 28.5 Å². The number of hydrogen-bond acceptors (Lipinski definition) is 8. The first kappa shape index (κ1) is 17.5. The molecule has 3 heterocycles. The van der Waals surface area contributed by atoms with E-state index < -0.39 is 48.7 Å². The number of morpholine rings is 1. The number of benzene rings is 1. The molecule has 3 saturated heterocycles. The average Bonchev–Trinajstić information content (AvgIpc) is 2.64. The predicted octanol–water partition coefficient (Wildman–Crippen LogP) is -1.07. The van der Waals surface area contributed by atoms with E-state index >= 15 is 0 Å². The number of fused-ring (bicyclic) bond motifs is 1. The van der Waals surface area contributed by atoms with Gasteiger partial charge in [-0.15, -0.1) is 0 Å². The zero-order valence-electron chi connectivity index (χ0n) is 13.8. The SMILES string of the molecule is O=C1COCC(=O)N1[C@H]1C(O)O[C@@H]2CO[C@@H](c3ccccc3)O[C@H]2[C@@H]1O. The monoisotopic (exact) mass is 365 g/mol. The van der Waals surface area contributed by atoms with E-state index in [1.807, 2.05) is 30.3 Å². The molecule has 0 radical (unpaired) electrons. The van der Waals surface area contributed by atoms with Crippen LogP contribution in [0.15, 0.2) is 30.3 Å². The van der Waals surface area contributed by atoms with Crippen LogP contribution in [-0.4, -0.2) is 77.4 Å². The van der Waals surface area contributed by atoms with E-state index in [1.165, 1.54) is 0 Å². The summed E-state index contributed by atoms with van der Waals surface area (Å²) in [5.74, 6) is -1.28. The van der Waals surface area contributed by atoms with Gasteiger partial charge < -0.3 is 29.2 Å². The summed E-state index contributed by atoms with van der Waals surface area (Å²) in [6.07, 6.45) is -5.18. The second kappa shape index (κ2) is 7.03. The molecule has 3 fully saturated rings. The molecule has 0 spiro atoms. The number of rotatable bonds is 2. The summed E-state index contributed by atoms with van der Waals surface area (Å²) in [5, 5.41) is 21.0. The summed E-state index contributed by atoms with van der Waals surface area (Å²) in [4.78, 5) is 25.0. The van der Waals surface area contributed by atoms with Crippen molar-refractivity contribution in [1.82, 2.24) is 4.90 Å². The highest BCUT2D eigenvalue weighted by molar-refractivity contribution is 5.98. The lowest BCUT2D eigenvalue weighted by Crippen LogP contribution is -2.69. The summed E-state index contributed by atoms with van der Waals surface area (Å²) in [6.45, 7) is -0.505. The van der Waals surface area contributed by atoms with Gasteiger partial charge >= 0.3 is 0 Å². The third-order valence-electron chi connectivity index (χ3n) is 4.71. The van der Waals surface area contributed by atoms with Gasteiger partial charge in [-0.3, -0.25) is 14.5 Å². The van der Waals surface area contributed by atoms with Crippen LogP contribution in [0, 0.1) is 0 Å². The maximum Gasteiger partial charge on any atom is 0.255 e. The van der Waals surface area contributed by atoms with E-state index in [0.29, 0.717) is 0 Å². The van der Waals surface area contributed by atoms with Gasteiger partial charge in [-0.1, -0.05) is 30.3 Å². The topological polar surface area (TPSA) is 115 Å². The predicted molar refractivity (Wildman–Crippen MR) is 83.4 cm³/mol. The molecule has 1 unspecified atom stereocenters. The first-order valence-corrected chi connectivity index (χ1v) is 8.32. The largest absolute Gasteiger partial charge is 0.388 e. The zero-order valence-corrected chi connectivity index (χ0v) is 13.8. The maximum absolute atomic E-state index is 12.1. The number of ether oxygens (including phenoxy) is 4. The Kier molecular flexibility index (Phi) is 4.74. The number of carbonyl (C=O) groups is 2. The van der Waals surface area contributed by atoms with Gasteiger partial charge in [-0.05, 0) is 0 Å². The van der Waals surface area contributed by atoms with Crippen LogP contribution >= 0.6 is 0 Å². The second-order valence-electron chi connectivity index (χ2n) is 6.37. The number of carbonyl (C=O) groups excluding carboxylic acids is 2. The molecule has 9 nitrogen and oxygen atoms in total. The number of amides is 2. The molecule has 0 bridgehead atoms. The van der Waals surface area contributed by atoms with Gasteiger partial charge in [0.15, 0.2) is 12.6 Å². The van der Waals surface area contributed by atoms with E-state index in [1.54, 1.807) is 0 Å². The maximum atomic E-state index is 12.1.